The van der Waals surface area contributed by atoms with E-state index in [0.29, 0.717) is 43.6 Å². The van der Waals surface area contributed by atoms with Crippen molar-refractivity contribution in [3.05, 3.63) is 42.5 Å². The number of carbonyl (C=O) groups is 2. The van der Waals surface area contributed by atoms with Crippen molar-refractivity contribution >= 4 is 17.6 Å². The quantitative estimate of drug-likeness (QED) is 0.697. The molecule has 2 aliphatic rings. The van der Waals surface area contributed by atoms with E-state index < -0.39 is 0 Å². The van der Waals surface area contributed by atoms with Gasteiger partial charge in [-0.2, -0.15) is 0 Å². The molecule has 10 heteroatoms. The largest absolute Gasteiger partial charge is 0.477 e. The molecule has 0 bridgehead atoms. The summed E-state index contributed by atoms with van der Waals surface area (Å²) < 4.78 is 24.2. The molecular formula is C21H24FN5O4. The third-order valence-corrected chi connectivity index (χ3v) is 5.40. The van der Waals surface area contributed by atoms with E-state index in [1.54, 1.807) is 21.9 Å². The molecule has 2 aliphatic heterocycles. The highest BCUT2D eigenvalue weighted by Crippen LogP contribution is 2.24. The van der Waals surface area contributed by atoms with Crippen LogP contribution in [0, 0.1) is 5.82 Å². The number of methoxy groups -OCH3 is 1. The van der Waals surface area contributed by atoms with Crippen LogP contribution in [0.1, 0.15) is 12.8 Å². The van der Waals surface area contributed by atoms with Gasteiger partial charge in [0.05, 0.1) is 13.7 Å². The molecule has 2 aromatic rings. The summed E-state index contributed by atoms with van der Waals surface area (Å²) in [5.41, 5.74) is 0.616. The first-order valence-electron chi connectivity index (χ1n) is 10.2. The summed E-state index contributed by atoms with van der Waals surface area (Å²) in [7, 11) is 1.50. The van der Waals surface area contributed by atoms with Gasteiger partial charge in [0.15, 0.2) is 0 Å². The lowest BCUT2D eigenvalue weighted by Gasteiger charge is -2.33. The molecule has 3 amide bonds. The van der Waals surface area contributed by atoms with Crippen LogP contribution >= 0.6 is 0 Å². The van der Waals surface area contributed by atoms with Gasteiger partial charge in [-0.15, -0.1) is 0 Å². The molecule has 0 spiro atoms. The fourth-order valence-electron chi connectivity index (χ4n) is 3.81. The van der Waals surface area contributed by atoms with Crippen molar-refractivity contribution in [3.63, 3.8) is 0 Å². The number of amides is 3. The van der Waals surface area contributed by atoms with Gasteiger partial charge in [-0.05, 0) is 37.1 Å². The number of anilines is 1. The van der Waals surface area contributed by atoms with E-state index in [1.165, 1.54) is 36.5 Å². The minimum Gasteiger partial charge on any atom is -0.477 e. The molecule has 1 unspecified atom stereocenters. The Morgan fingerprint density at radius 1 is 1.13 bits per heavy atom. The second-order valence-corrected chi connectivity index (χ2v) is 7.42. The normalized spacial score (nSPS) is 19.0. The van der Waals surface area contributed by atoms with Crippen LogP contribution in [-0.2, 0) is 4.79 Å². The van der Waals surface area contributed by atoms with Gasteiger partial charge in [0.25, 0.3) is 11.8 Å². The molecule has 0 radical (unpaired) electrons. The van der Waals surface area contributed by atoms with Gasteiger partial charge in [-0.25, -0.2) is 19.2 Å². The molecule has 0 N–H and O–H groups in total. The summed E-state index contributed by atoms with van der Waals surface area (Å²) in [5.74, 6) is 0.112. The highest BCUT2D eigenvalue weighted by atomic mass is 19.1. The van der Waals surface area contributed by atoms with Gasteiger partial charge < -0.3 is 19.3 Å². The highest BCUT2D eigenvalue weighted by Gasteiger charge is 2.33. The van der Waals surface area contributed by atoms with Crippen LogP contribution in [0.25, 0.3) is 0 Å². The number of hydrogen-bond acceptors (Lipinski definition) is 6. The zero-order chi connectivity index (χ0) is 21.8. The summed E-state index contributed by atoms with van der Waals surface area (Å²) in [6.45, 7) is 1.91. The first kappa shape index (κ1) is 20.8. The number of carbonyl (C=O) groups excluding carboxylic acids is 2. The van der Waals surface area contributed by atoms with E-state index in [0.717, 1.165) is 12.8 Å². The predicted molar refractivity (Wildman–Crippen MR) is 110 cm³/mol. The molecule has 4 rings (SSSR count). The molecule has 0 aliphatic carbocycles. The molecule has 3 heterocycles. The van der Waals surface area contributed by atoms with Crippen molar-refractivity contribution in [2.24, 2.45) is 0 Å². The zero-order valence-electron chi connectivity index (χ0n) is 17.2. The second-order valence-electron chi connectivity index (χ2n) is 7.42. The average Bonchev–Trinajstić information content (AvgIpc) is 3.15. The Morgan fingerprint density at radius 2 is 1.87 bits per heavy atom. The third kappa shape index (κ3) is 4.68. The Balaban J connectivity index is 1.34. The van der Waals surface area contributed by atoms with E-state index in [-0.39, 0.29) is 30.4 Å². The Bertz CT molecular complexity index is 942. The lowest BCUT2D eigenvalue weighted by Crippen LogP contribution is -2.48. The fourth-order valence-corrected chi connectivity index (χ4v) is 3.81. The standard InChI is InChI=1S/C21H24FN5O4/c1-30-19-20(24-9-8-23-19)31-17-3-2-10-25(13-17)18(28)14-26-11-12-27(21(26)29)16-6-4-15(22)5-7-16/h4-9,17H,2-3,10-14H2,1H3. The van der Waals surface area contributed by atoms with E-state index in [4.69, 9.17) is 9.47 Å². The van der Waals surface area contributed by atoms with Crippen LogP contribution in [-0.4, -0.2) is 77.6 Å². The number of aromatic nitrogens is 2. The Labute approximate surface area is 179 Å². The van der Waals surface area contributed by atoms with Gasteiger partial charge in [0, 0.05) is 37.7 Å². The van der Waals surface area contributed by atoms with E-state index in [1.807, 2.05) is 0 Å². The molecule has 1 aromatic heterocycles. The zero-order valence-corrected chi connectivity index (χ0v) is 17.2. The van der Waals surface area contributed by atoms with Crippen molar-refractivity contribution in [1.29, 1.82) is 0 Å². The lowest BCUT2D eigenvalue weighted by atomic mass is 10.1. The lowest BCUT2D eigenvalue weighted by molar-refractivity contribution is -0.134. The highest BCUT2D eigenvalue weighted by molar-refractivity contribution is 5.96. The number of benzene rings is 1. The third-order valence-electron chi connectivity index (χ3n) is 5.40. The van der Waals surface area contributed by atoms with Gasteiger partial charge in [-0.3, -0.25) is 9.69 Å². The monoisotopic (exact) mass is 429 g/mol. The number of piperidine rings is 1. The van der Waals surface area contributed by atoms with Crippen LogP contribution in [0.5, 0.6) is 11.8 Å². The smallest absolute Gasteiger partial charge is 0.325 e. The van der Waals surface area contributed by atoms with Gasteiger partial charge in [0.2, 0.25) is 5.91 Å². The van der Waals surface area contributed by atoms with Crippen molar-refractivity contribution in [3.8, 4) is 11.8 Å². The summed E-state index contributed by atoms with van der Waals surface area (Å²) in [6, 6.07) is 5.50. The molecule has 0 saturated carbocycles. The molecule has 1 atom stereocenters. The SMILES string of the molecule is COc1nccnc1OC1CCCN(C(=O)CN2CCN(c3ccc(F)cc3)C2=O)C1. The molecular weight excluding hydrogens is 405 g/mol. The molecule has 2 saturated heterocycles. The Hall–Kier alpha value is -3.43. The van der Waals surface area contributed by atoms with Crippen LogP contribution in [0.2, 0.25) is 0 Å². The van der Waals surface area contributed by atoms with E-state index >= 15 is 0 Å². The van der Waals surface area contributed by atoms with Gasteiger partial charge in [-0.1, -0.05) is 0 Å². The number of ether oxygens (including phenoxy) is 2. The van der Waals surface area contributed by atoms with Crippen LogP contribution in [0.4, 0.5) is 14.9 Å². The number of hydrogen-bond donors (Lipinski definition) is 0. The fraction of sp³-hybridized carbons (Fsp3) is 0.429. The molecule has 9 nitrogen and oxygen atoms in total. The van der Waals surface area contributed by atoms with Crippen molar-refractivity contribution in [1.82, 2.24) is 19.8 Å². The first-order valence-corrected chi connectivity index (χ1v) is 10.2. The summed E-state index contributed by atoms with van der Waals surface area (Å²) >= 11 is 0. The van der Waals surface area contributed by atoms with Crippen molar-refractivity contribution in [2.75, 3.05) is 44.7 Å². The Kier molecular flexibility index (Phi) is 6.15. The first-order chi connectivity index (χ1) is 15.0. The minimum atomic E-state index is -0.358. The van der Waals surface area contributed by atoms with Crippen LogP contribution in [0.3, 0.4) is 0 Å². The van der Waals surface area contributed by atoms with Crippen LogP contribution < -0.4 is 14.4 Å². The van der Waals surface area contributed by atoms with Crippen molar-refractivity contribution < 1.29 is 23.5 Å². The molecule has 164 valence electrons. The predicted octanol–water partition coefficient (Wildman–Crippen LogP) is 1.94. The van der Waals surface area contributed by atoms with E-state index in [9.17, 15) is 14.0 Å². The maximum absolute atomic E-state index is 13.1. The number of urea groups is 1. The topological polar surface area (TPSA) is 88.1 Å². The minimum absolute atomic E-state index is 0.00227. The summed E-state index contributed by atoms with van der Waals surface area (Å²) in [6.07, 6.45) is 4.38. The van der Waals surface area contributed by atoms with Crippen LogP contribution in [0.15, 0.2) is 36.7 Å². The average molecular weight is 429 g/mol. The second kappa shape index (κ2) is 9.15. The Morgan fingerprint density at radius 3 is 2.61 bits per heavy atom. The van der Waals surface area contributed by atoms with Crippen molar-refractivity contribution in [2.45, 2.75) is 18.9 Å². The van der Waals surface area contributed by atoms with Gasteiger partial charge in [0.1, 0.15) is 18.5 Å². The number of rotatable bonds is 6. The molecule has 2 fully saturated rings. The number of nitrogens with zero attached hydrogens (tertiary/aromatic N) is 5. The number of halogens is 1. The number of likely N-dealkylation sites (tertiary alicyclic amines) is 1. The summed E-state index contributed by atoms with van der Waals surface area (Å²) in [4.78, 5) is 38.6. The molecule has 31 heavy (non-hydrogen) atoms. The maximum atomic E-state index is 13.1. The van der Waals surface area contributed by atoms with Gasteiger partial charge >= 0.3 is 6.03 Å². The maximum Gasteiger partial charge on any atom is 0.325 e. The molecule has 1 aromatic carbocycles. The summed E-state index contributed by atoms with van der Waals surface area (Å²) in [5, 5.41) is 0. The van der Waals surface area contributed by atoms with E-state index in [2.05, 4.69) is 9.97 Å².